The lowest BCUT2D eigenvalue weighted by Crippen LogP contribution is -2.26. The van der Waals surface area contributed by atoms with Crippen molar-refractivity contribution in [3.8, 4) is 5.75 Å². The second-order valence-corrected chi connectivity index (χ2v) is 5.14. The molecule has 1 N–H and O–H groups in total. The summed E-state index contributed by atoms with van der Waals surface area (Å²) in [6, 6.07) is 4.61. The number of halogens is 1. The minimum atomic E-state index is 0.423. The van der Waals surface area contributed by atoms with E-state index in [1.54, 1.807) is 7.11 Å². The van der Waals surface area contributed by atoms with Crippen molar-refractivity contribution in [1.29, 1.82) is 0 Å². The number of nitrogens with zero attached hydrogens (tertiary/aromatic N) is 1. The van der Waals surface area contributed by atoms with Crippen molar-refractivity contribution in [2.24, 2.45) is 0 Å². The predicted octanol–water partition coefficient (Wildman–Crippen LogP) is 2.16. The highest BCUT2D eigenvalue weighted by molar-refractivity contribution is 9.10. The maximum Gasteiger partial charge on any atom is 0.133 e. The van der Waals surface area contributed by atoms with Crippen LogP contribution in [0.4, 0.5) is 0 Å². The molecule has 0 saturated heterocycles. The highest BCUT2D eigenvalue weighted by Crippen LogP contribution is 2.37. The average molecular weight is 285 g/mol. The SMILES string of the molecule is COc1ccc2c(c1Br)CN[C@H]2CN(C)C. The first-order valence-electron chi connectivity index (χ1n) is 5.37. The molecule has 0 unspecified atom stereocenters. The smallest absolute Gasteiger partial charge is 0.133 e. The summed E-state index contributed by atoms with van der Waals surface area (Å²) in [5.74, 6) is 0.908. The molecule has 0 spiro atoms. The van der Waals surface area contributed by atoms with Crippen LogP contribution < -0.4 is 10.1 Å². The molecule has 1 heterocycles. The Bertz CT molecular complexity index is 393. The number of methoxy groups -OCH3 is 1. The fourth-order valence-electron chi connectivity index (χ4n) is 2.14. The summed E-state index contributed by atoms with van der Waals surface area (Å²) in [5.41, 5.74) is 2.70. The zero-order valence-corrected chi connectivity index (χ0v) is 11.5. The van der Waals surface area contributed by atoms with E-state index in [0.717, 1.165) is 23.3 Å². The van der Waals surface area contributed by atoms with E-state index in [4.69, 9.17) is 4.74 Å². The molecule has 3 nitrogen and oxygen atoms in total. The average Bonchev–Trinajstić information content (AvgIpc) is 2.62. The quantitative estimate of drug-likeness (QED) is 0.921. The molecule has 4 heteroatoms. The van der Waals surface area contributed by atoms with Gasteiger partial charge in [0.05, 0.1) is 11.6 Å². The zero-order valence-electron chi connectivity index (χ0n) is 9.88. The van der Waals surface area contributed by atoms with E-state index in [2.05, 4.69) is 46.3 Å². The molecular formula is C12H17BrN2O. The van der Waals surface area contributed by atoms with Crippen molar-refractivity contribution in [1.82, 2.24) is 10.2 Å². The number of nitrogens with one attached hydrogen (secondary N) is 1. The molecule has 0 amide bonds. The Kier molecular flexibility index (Phi) is 3.52. The summed E-state index contributed by atoms with van der Waals surface area (Å²) in [5, 5.41) is 3.52. The highest BCUT2D eigenvalue weighted by atomic mass is 79.9. The molecule has 1 atom stereocenters. The Morgan fingerprint density at radius 1 is 1.50 bits per heavy atom. The Morgan fingerprint density at radius 3 is 2.88 bits per heavy atom. The normalized spacial score (nSPS) is 18.9. The van der Waals surface area contributed by atoms with E-state index in [1.807, 2.05) is 6.07 Å². The second-order valence-electron chi connectivity index (χ2n) is 4.35. The number of ether oxygens (including phenoxy) is 1. The van der Waals surface area contributed by atoms with Crippen molar-refractivity contribution >= 4 is 15.9 Å². The van der Waals surface area contributed by atoms with Gasteiger partial charge in [-0.05, 0) is 47.2 Å². The van der Waals surface area contributed by atoms with Gasteiger partial charge in [-0.2, -0.15) is 0 Å². The summed E-state index contributed by atoms with van der Waals surface area (Å²) >= 11 is 3.61. The van der Waals surface area contributed by atoms with Crippen LogP contribution >= 0.6 is 15.9 Å². The molecule has 1 aliphatic rings. The van der Waals surface area contributed by atoms with Crippen molar-refractivity contribution in [2.75, 3.05) is 27.7 Å². The van der Waals surface area contributed by atoms with E-state index in [1.165, 1.54) is 11.1 Å². The van der Waals surface area contributed by atoms with E-state index < -0.39 is 0 Å². The first-order valence-corrected chi connectivity index (χ1v) is 6.16. The van der Waals surface area contributed by atoms with Crippen LogP contribution in [-0.2, 0) is 6.54 Å². The molecule has 1 aromatic carbocycles. The Balaban J connectivity index is 2.31. The van der Waals surface area contributed by atoms with Gasteiger partial charge in [0.25, 0.3) is 0 Å². The first kappa shape index (κ1) is 11.9. The van der Waals surface area contributed by atoms with Gasteiger partial charge in [0.2, 0.25) is 0 Å². The zero-order chi connectivity index (χ0) is 11.7. The summed E-state index contributed by atoms with van der Waals surface area (Å²) < 4.78 is 6.39. The maximum atomic E-state index is 5.30. The minimum Gasteiger partial charge on any atom is -0.496 e. The van der Waals surface area contributed by atoms with Gasteiger partial charge in [-0.25, -0.2) is 0 Å². The van der Waals surface area contributed by atoms with Crippen LogP contribution in [0.2, 0.25) is 0 Å². The highest BCUT2D eigenvalue weighted by Gasteiger charge is 2.25. The van der Waals surface area contributed by atoms with Crippen molar-refractivity contribution in [2.45, 2.75) is 12.6 Å². The number of likely N-dealkylation sites (N-methyl/N-ethyl adjacent to an activating group) is 1. The van der Waals surface area contributed by atoms with Gasteiger partial charge in [0.15, 0.2) is 0 Å². The molecule has 0 fully saturated rings. The summed E-state index contributed by atoms with van der Waals surface area (Å²) in [7, 11) is 5.89. The van der Waals surface area contributed by atoms with Crippen LogP contribution in [0.1, 0.15) is 17.2 Å². The fraction of sp³-hybridized carbons (Fsp3) is 0.500. The molecule has 0 radical (unpaired) electrons. The number of hydrogen-bond acceptors (Lipinski definition) is 3. The fourth-order valence-corrected chi connectivity index (χ4v) is 2.80. The number of rotatable bonds is 3. The van der Waals surface area contributed by atoms with Crippen LogP contribution in [0.5, 0.6) is 5.75 Å². The lowest BCUT2D eigenvalue weighted by molar-refractivity contribution is 0.353. The Labute approximate surface area is 105 Å². The molecule has 0 saturated carbocycles. The van der Waals surface area contributed by atoms with Crippen LogP contribution in [-0.4, -0.2) is 32.6 Å². The Hall–Kier alpha value is -0.580. The van der Waals surface area contributed by atoms with Gasteiger partial charge in [-0.3, -0.25) is 0 Å². The third-order valence-electron chi connectivity index (χ3n) is 2.91. The Morgan fingerprint density at radius 2 is 2.25 bits per heavy atom. The first-order chi connectivity index (χ1) is 7.63. The lowest BCUT2D eigenvalue weighted by Gasteiger charge is -2.17. The lowest BCUT2D eigenvalue weighted by atomic mass is 10.0. The molecule has 16 heavy (non-hydrogen) atoms. The number of benzene rings is 1. The third kappa shape index (κ3) is 2.10. The molecule has 0 bridgehead atoms. The van der Waals surface area contributed by atoms with Crippen LogP contribution in [0, 0.1) is 0 Å². The molecular weight excluding hydrogens is 268 g/mol. The van der Waals surface area contributed by atoms with E-state index >= 15 is 0 Å². The van der Waals surface area contributed by atoms with Gasteiger partial charge in [-0.1, -0.05) is 6.07 Å². The van der Waals surface area contributed by atoms with Gasteiger partial charge < -0.3 is 15.0 Å². The predicted molar refractivity (Wildman–Crippen MR) is 68.8 cm³/mol. The summed E-state index contributed by atoms with van der Waals surface area (Å²) in [6.45, 7) is 1.93. The standard InChI is InChI=1S/C12H17BrN2O/c1-15(2)7-10-8-4-5-11(16-3)12(13)9(8)6-14-10/h4-5,10,14H,6-7H2,1-3H3/t10-/m0/s1. The molecule has 1 aromatic rings. The van der Waals surface area contributed by atoms with E-state index in [9.17, 15) is 0 Å². The van der Waals surface area contributed by atoms with Gasteiger partial charge in [0, 0.05) is 19.1 Å². The van der Waals surface area contributed by atoms with Crippen LogP contribution in [0.15, 0.2) is 16.6 Å². The van der Waals surface area contributed by atoms with Crippen LogP contribution in [0.3, 0.4) is 0 Å². The number of fused-ring (bicyclic) bond motifs is 1. The molecule has 2 rings (SSSR count). The van der Waals surface area contributed by atoms with E-state index in [-0.39, 0.29) is 0 Å². The molecule has 0 aliphatic carbocycles. The number of hydrogen-bond donors (Lipinski definition) is 1. The van der Waals surface area contributed by atoms with Crippen LogP contribution in [0.25, 0.3) is 0 Å². The van der Waals surface area contributed by atoms with E-state index in [0.29, 0.717) is 6.04 Å². The molecule has 0 aromatic heterocycles. The van der Waals surface area contributed by atoms with Gasteiger partial charge in [-0.15, -0.1) is 0 Å². The van der Waals surface area contributed by atoms with Crippen molar-refractivity contribution in [3.05, 3.63) is 27.7 Å². The largest absolute Gasteiger partial charge is 0.496 e. The van der Waals surface area contributed by atoms with Gasteiger partial charge in [0.1, 0.15) is 5.75 Å². The third-order valence-corrected chi connectivity index (χ3v) is 3.78. The second kappa shape index (κ2) is 4.73. The topological polar surface area (TPSA) is 24.5 Å². The molecule has 88 valence electrons. The van der Waals surface area contributed by atoms with Gasteiger partial charge >= 0.3 is 0 Å². The van der Waals surface area contributed by atoms with Crippen molar-refractivity contribution in [3.63, 3.8) is 0 Å². The summed E-state index contributed by atoms with van der Waals surface area (Å²) in [4.78, 5) is 2.20. The minimum absolute atomic E-state index is 0.423. The summed E-state index contributed by atoms with van der Waals surface area (Å²) in [6.07, 6.45) is 0. The monoisotopic (exact) mass is 284 g/mol. The van der Waals surface area contributed by atoms with Crippen molar-refractivity contribution < 1.29 is 4.74 Å². The molecule has 1 aliphatic heterocycles. The maximum absolute atomic E-state index is 5.30.